The molecule has 2 atom stereocenters. The van der Waals surface area contributed by atoms with Gasteiger partial charge in [-0.3, -0.25) is 4.79 Å². The molecule has 0 aliphatic carbocycles. The smallest absolute Gasteiger partial charge is 0.329 e. The summed E-state index contributed by atoms with van der Waals surface area (Å²) >= 11 is 0. The number of Topliss-reactive ketones (excluding diaryl/α,β-unsaturated/α-hetero) is 1. The summed E-state index contributed by atoms with van der Waals surface area (Å²) in [5.74, 6) is 0.202. The van der Waals surface area contributed by atoms with Gasteiger partial charge >= 0.3 is 21.1 Å². The third-order valence-electron chi connectivity index (χ3n) is 0.866. The van der Waals surface area contributed by atoms with Crippen LogP contribution in [0, 0.1) is 6.92 Å². The molecule has 0 spiro atoms. The van der Waals surface area contributed by atoms with Crippen LogP contribution in [0.4, 0.5) is 0 Å². The molecule has 0 aromatic carbocycles. The van der Waals surface area contributed by atoms with Crippen LogP contribution in [0.25, 0.3) is 0 Å². The number of hydrogen-bond acceptors (Lipinski definition) is 2. The van der Waals surface area contributed by atoms with Crippen LogP contribution in [-0.4, -0.2) is 23.5 Å². The summed E-state index contributed by atoms with van der Waals surface area (Å²) in [4.78, 5) is 10.5. The average Bonchev–Trinajstić information content (AvgIpc) is 1.82. The van der Waals surface area contributed by atoms with Crippen LogP contribution in [-0.2, 0) is 25.9 Å². The van der Waals surface area contributed by atoms with E-state index in [9.17, 15) is 4.79 Å². The fraction of sp³-hybridized carbons (Fsp3) is 0.600. The fourth-order valence-electron chi connectivity index (χ4n) is 0.458. The second kappa shape index (κ2) is 8.28. The Hall–Kier alpha value is 1.18. The van der Waals surface area contributed by atoms with Crippen molar-refractivity contribution < 1.29 is 25.9 Å². The zero-order chi connectivity index (χ0) is 7.28. The van der Waals surface area contributed by atoms with E-state index in [1.807, 2.05) is 4.67 Å². The first-order valence-corrected chi connectivity index (χ1v) is 5.46. The Labute approximate surface area is 80.7 Å². The Bertz CT molecular complexity index is 97.6. The summed E-state index contributed by atoms with van der Waals surface area (Å²) in [7, 11) is 3.20. The van der Waals surface area contributed by atoms with Gasteiger partial charge in [0.25, 0.3) is 0 Å². The second-order valence-corrected chi connectivity index (χ2v) is 3.42. The Kier molecular flexibility index (Phi) is 11.4. The molecule has 0 fully saturated rings. The minimum atomic E-state index is 0. The molecule has 2 nitrogen and oxygen atoms in total. The van der Waals surface area contributed by atoms with Crippen molar-refractivity contribution >= 4 is 23.1 Å². The molecule has 0 aromatic heterocycles. The van der Waals surface area contributed by atoms with E-state index in [-0.39, 0.29) is 26.8 Å². The summed E-state index contributed by atoms with van der Waals surface area (Å²) in [6.07, 6.45) is 0. The summed E-state index contributed by atoms with van der Waals surface area (Å²) in [6, 6.07) is 0. The van der Waals surface area contributed by atoms with E-state index < -0.39 is 0 Å². The Balaban J connectivity index is 0. The molecule has 0 bridgehead atoms. The van der Waals surface area contributed by atoms with Gasteiger partial charge in [-0.2, -0.15) is 0 Å². The number of nitrogens with zero attached hydrogens (tertiary/aromatic N) is 1. The second-order valence-electron chi connectivity index (χ2n) is 1.75. The first-order chi connectivity index (χ1) is 4.20. The molecule has 0 radical (unpaired) electrons. The summed E-state index contributed by atoms with van der Waals surface area (Å²) < 4.78 is 1.98. The van der Waals surface area contributed by atoms with E-state index >= 15 is 0 Å². The minimum Gasteiger partial charge on any atom is -0.329 e. The van der Waals surface area contributed by atoms with E-state index in [4.69, 9.17) is 0 Å². The number of ketones is 1. The molecule has 58 valence electrons. The summed E-state index contributed by atoms with van der Waals surface area (Å²) in [5.41, 5.74) is 0. The van der Waals surface area contributed by atoms with Crippen LogP contribution in [0.5, 0.6) is 0 Å². The molecule has 0 aliphatic rings. The van der Waals surface area contributed by atoms with Crippen molar-refractivity contribution in [2.75, 3.05) is 13.1 Å². The van der Waals surface area contributed by atoms with Gasteiger partial charge in [-0.1, -0.05) is 8.93 Å². The molecule has 0 rings (SSSR count). The van der Waals surface area contributed by atoms with Crippen molar-refractivity contribution in [3.8, 4) is 0 Å². The van der Waals surface area contributed by atoms with Crippen molar-refractivity contribution in [1.82, 2.24) is 4.67 Å². The third-order valence-corrected chi connectivity index (χ3v) is 2.71. The summed E-state index contributed by atoms with van der Waals surface area (Å²) in [6.45, 7) is 6.51. The predicted octanol–water partition coefficient (Wildman–Crippen LogP) is 1.09. The van der Waals surface area contributed by atoms with Gasteiger partial charge in [0.2, 0.25) is 0 Å². The quantitative estimate of drug-likeness (QED) is 0.560. The Morgan fingerprint density at radius 1 is 1.80 bits per heavy atom. The number of carbonyl (C=O) groups excluding carboxylic acids is 1. The van der Waals surface area contributed by atoms with Gasteiger partial charge in [0.05, 0.1) is 6.54 Å². The topological polar surface area (TPSA) is 20.3 Å². The molecule has 0 N–H and O–H groups in total. The van der Waals surface area contributed by atoms with Gasteiger partial charge in [0.15, 0.2) is 0 Å². The maximum atomic E-state index is 10.5. The van der Waals surface area contributed by atoms with Gasteiger partial charge in [-0.25, -0.2) is 0 Å². The van der Waals surface area contributed by atoms with Crippen molar-refractivity contribution in [2.24, 2.45) is 0 Å². The third kappa shape index (κ3) is 7.29. The number of hydrogen-bond donors (Lipinski definition) is 0. The monoisotopic (exact) mass is 348 g/mol. The summed E-state index contributed by atoms with van der Waals surface area (Å²) in [5, 5.41) is 0. The van der Waals surface area contributed by atoms with Crippen molar-refractivity contribution in [3.63, 3.8) is 0 Å². The van der Waals surface area contributed by atoms with Crippen molar-refractivity contribution in [2.45, 2.75) is 6.92 Å². The van der Waals surface area contributed by atoms with E-state index in [2.05, 4.69) is 15.9 Å². The molecular weight excluding hydrogens is 336 g/mol. The van der Waals surface area contributed by atoms with Crippen LogP contribution in [0.15, 0.2) is 0 Å². The van der Waals surface area contributed by atoms with Crippen LogP contribution < -0.4 is 0 Å². The first kappa shape index (κ1) is 13.7. The van der Waals surface area contributed by atoms with Crippen molar-refractivity contribution in [3.05, 3.63) is 6.92 Å². The molecule has 5 heteroatoms. The molecule has 0 heterocycles. The van der Waals surface area contributed by atoms with Crippen LogP contribution in [0.2, 0.25) is 0 Å². The fourth-order valence-corrected chi connectivity index (χ4v) is 1.56. The van der Waals surface area contributed by atoms with Gasteiger partial charge in [-0.05, 0) is 15.3 Å². The maximum Gasteiger partial charge on any atom is 2.00 e. The SMILES string of the molecule is [CH2-]CN(CC(C)=O)PP.[W+2]. The molecule has 0 aromatic rings. The zero-order valence-corrected chi connectivity index (χ0v) is 11.1. The van der Waals surface area contributed by atoms with Crippen LogP contribution in [0.3, 0.4) is 0 Å². The van der Waals surface area contributed by atoms with E-state index in [1.165, 1.54) is 0 Å². The molecule has 0 amide bonds. The van der Waals surface area contributed by atoms with Crippen LogP contribution in [0.1, 0.15) is 6.92 Å². The van der Waals surface area contributed by atoms with Gasteiger partial charge in [0.1, 0.15) is 5.78 Å². The molecular formula is C5H12NOP2W+. The number of rotatable bonds is 4. The van der Waals surface area contributed by atoms with Gasteiger partial charge in [0, 0.05) is 0 Å². The predicted molar refractivity (Wildman–Crippen MR) is 45.6 cm³/mol. The number of carbonyl (C=O) groups is 1. The zero-order valence-electron chi connectivity index (χ0n) is 5.96. The van der Waals surface area contributed by atoms with E-state index in [0.29, 0.717) is 21.5 Å². The Morgan fingerprint density at radius 3 is 2.40 bits per heavy atom. The van der Waals surface area contributed by atoms with Crippen LogP contribution >= 0.6 is 17.3 Å². The standard InChI is InChI=1S/C5H12NOP2.W/c1-3-6(9-8)4-5(2)7;/h9H,1,3-4,8H2,2H3;/q-1;+2. The van der Waals surface area contributed by atoms with E-state index in [1.54, 1.807) is 6.92 Å². The molecule has 0 aliphatic heterocycles. The maximum absolute atomic E-state index is 10.5. The average molecular weight is 348 g/mol. The normalized spacial score (nSPS) is 10.4. The molecule has 2 unspecified atom stereocenters. The largest absolute Gasteiger partial charge is 2.00 e. The molecule has 10 heavy (non-hydrogen) atoms. The van der Waals surface area contributed by atoms with E-state index in [0.717, 1.165) is 0 Å². The first-order valence-electron chi connectivity index (χ1n) is 2.70. The van der Waals surface area contributed by atoms with Gasteiger partial charge < -0.3 is 11.6 Å². The Morgan fingerprint density at radius 2 is 2.30 bits per heavy atom. The molecule has 0 saturated heterocycles. The van der Waals surface area contributed by atoms with Crippen molar-refractivity contribution in [1.29, 1.82) is 0 Å². The van der Waals surface area contributed by atoms with Gasteiger partial charge in [-0.15, -0.1) is 6.54 Å². The minimum absolute atomic E-state index is 0. The molecule has 0 saturated carbocycles.